The van der Waals surface area contributed by atoms with Gasteiger partial charge in [0.1, 0.15) is 0 Å². The number of rotatable bonds is 7. The third kappa shape index (κ3) is 4.21. The standard InChI is InChI=1S/C13H22N2O2/c1-4-7-13(16)14-9-11-8-12(15-17-11)10(5-2)6-3/h8,10H,4-7,9H2,1-3H3,(H,14,16). The highest BCUT2D eigenvalue weighted by Crippen LogP contribution is 2.22. The van der Waals surface area contributed by atoms with Crippen molar-refractivity contribution in [1.82, 2.24) is 10.5 Å². The Bertz CT molecular complexity index is 343. The summed E-state index contributed by atoms with van der Waals surface area (Å²) in [5, 5.41) is 6.87. The molecular weight excluding hydrogens is 216 g/mol. The molecule has 96 valence electrons. The van der Waals surface area contributed by atoms with Gasteiger partial charge in [0, 0.05) is 18.4 Å². The Morgan fingerprint density at radius 3 is 2.71 bits per heavy atom. The van der Waals surface area contributed by atoms with Crippen LogP contribution in [0.4, 0.5) is 0 Å². The molecular formula is C13H22N2O2. The molecule has 1 heterocycles. The highest BCUT2D eigenvalue weighted by Gasteiger charge is 2.13. The van der Waals surface area contributed by atoms with Crippen LogP contribution in [0.5, 0.6) is 0 Å². The molecule has 0 fully saturated rings. The molecule has 1 aromatic rings. The van der Waals surface area contributed by atoms with Gasteiger partial charge in [-0.2, -0.15) is 0 Å². The summed E-state index contributed by atoms with van der Waals surface area (Å²) in [4.78, 5) is 11.3. The first-order valence-electron chi connectivity index (χ1n) is 6.43. The molecule has 0 aliphatic carbocycles. The SMILES string of the molecule is CCCC(=O)NCc1cc(C(CC)CC)no1. The summed E-state index contributed by atoms with van der Waals surface area (Å²) in [5.41, 5.74) is 0.995. The topological polar surface area (TPSA) is 55.1 Å². The Hall–Kier alpha value is -1.32. The van der Waals surface area contributed by atoms with Gasteiger partial charge in [-0.3, -0.25) is 4.79 Å². The van der Waals surface area contributed by atoms with Gasteiger partial charge in [0.2, 0.25) is 5.91 Å². The second kappa shape index (κ2) is 7.09. The Balaban J connectivity index is 2.48. The Morgan fingerprint density at radius 2 is 2.12 bits per heavy atom. The van der Waals surface area contributed by atoms with Crippen LogP contribution in [-0.2, 0) is 11.3 Å². The summed E-state index contributed by atoms with van der Waals surface area (Å²) in [6.07, 6.45) is 3.55. The van der Waals surface area contributed by atoms with Crippen LogP contribution in [0, 0.1) is 0 Å². The van der Waals surface area contributed by atoms with Crippen molar-refractivity contribution >= 4 is 5.91 Å². The summed E-state index contributed by atoms with van der Waals surface area (Å²) in [5.74, 6) is 1.25. The van der Waals surface area contributed by atoms with Gasteiger partial charge < -0.3 is 9.84 Å². The normalized spacial score (nSPS) is 10.8. The third-order valence-corrected chi connectivity index (χ3v) is 2.92. The summed E-state index contributed by atoms with van der Waals surface area (Å²) in [6.45, 7) is 6.71. The van der Waals surface area contributed by atoms with E-state index < -0.39 is 0 Å². The lowest BCUT2D eigenvalue weighted by atomic mass is 9.99. The number of hydrogen-bond acceptors (Lipinski definition) is 3. The number of nitrogens with zero attached hydrogens (tertiary/aromatic N) is 1. The van der Waals surface area contributed by atoms with Crippen LogP contribution < -0.4 is 5.32 Å². The van der Waals surface area contributed by atoms with E-state index in [1.54, 1.807) is 0 Å². The molecule has 17 heavy (non-hydrogen) atoms. The fourth-order valence-electron chi connectivity index (χ4n) is 1.81. The number of carbonyl (C=O) groups excluding carboxylic acids is 1. The monoisotopic (exact) mass is 238 g/mol. The molecule has 0 aliphatic rings. The lowest BCUT2D eigenvalue weighted by Gasteiger charge is -2.05. The summed E-state index contributed by atoms with van der Waals surface area (Å²) >= 11 is 0. The highest BCUT2D eigenvalue weighted by atomic mass is 16.5. The molecule has 1 rings (SSSR count). The zero-order valence-electron chi connectivity index (χ0n) is 11.0. The quantitative estimate of drug-likeness (QED) is 0.794. The van der Waals surface area contributed by atoms with Gasteiger partial charge in [-0.05, 0) is 19.3 Å². The van der Waals surface area contributed by atoms with Gasteiger partial charge >= 0.3 is 0 Å². The van der Waals surface area contributed by atoms with Crippen molar-refractivity contribution in [3.8, 4) is 0 Å². The largest absolute Gasteiger partial charge is 0.359 e. The van der Waals surface area contributed by atoms with Crippen LogP contribution in [-0.4, -0.2) is 11.1 Å². The third-order valence-electron chi connectivity index (χ3n) is 2.92. The van der Waals surface area contributed by atoms with Crippen LogP contribution >= 0.6 is 0 Å². The summed E-state index contributed by atoms with van der Waals surface area (Å²) in [6, 6.07) is 1.95. The second-order valence-electron chi connectivity index (χ2n) is 4.26. The molecule has 4 heteroatoms. The minimum atomic E-state index is 0.0629. The van der Waals surface area contributed by atoms with Crippen LogP contribution in [0.3, 0.4) is 0 Å². The first kappa shape index (κ1) is 13.7. The molecule has 0 saturated heterocycles. The number of carbonyl (C=O) groups is 1. The van der Waals surface area contributed by atoms with Crippen molar-refractivity contribution in [3.63, 3.8) is 0 Å². The predicted octanol–water partition coefficient (Wildman–Crippen LogP) is 2.99. The maximum absolute atomic E-state index is 11.3. The minimum Gasteiger partial charge on any atom is -0.359 e. The van der Waals surface area contributed by atoms with Crippen LogP contribution in [0.15, 0.2) is 10.6 Å². The van der Waals surface area contributed by atoms with E-state index in [0.29, 0.717) is 18.9 Å². The smallest absolute Gasteiger partial charge is 0.220 e. The van der Waals surface area contributed by atoms with Gasteiger partial charge in [0.15, 0.2) is 5.76 Å². The van der Waals surface area contributed by atoms with Crippen molar-refractivity contribution in [1.29, 1.82) is 0 Å². The molecule has 0 atom stereocenters. The average molecular weight is 238 g/mol. The Labute approximate surface area is 103 Å². The highest BCUT2D eigenvalue weighted by molar-refractivity contribution is 5.75. The van der Waals surface area contributed by atoms with Crippen molar-refractivity contribution in [3.05, 3.63) is 17.5 Å². The number of hydrogen-bond donors (Lipinski definition) is 1. The van der Waals surface area contributed by atoms with E-state index in [9.17, 15) is 4.79 Å². The number of aromatic nitrogens is 1. The van der Waals surface area contributed by atoms with E-state index in [0.717, 1.165) is 30.7 Å². The van der Waals surface area contributed by atoms with Crippen molar-refractivity contribution in [2.24, 2.45) is 0 Å². The fourth-order valence-corrected chi connectivity index (χ4v) is 1.81. The molecule has 0 bridgehead atoms. The number of amides is 1. The van der Waals surface area contributed by atoms with Crippen molar-refractivity contribution < 1.29 is 9.32 Å². The van der Waals surface area contributed by atoms with Gasteiger partial charge in [0.05, 0.1) is 12.2 Å². The molecule has 1 N–H and O–H groups in total. The van der Waals surface area contributed by atoms with E-state index in [1.165, 1.54) is 0 Å². The number of nitrogens with one attached hydrogen (secondary N) is 1. The van der Waals surface area contributed by atoms with Gasteiger partial charge in [0.25, 0.3) is 0 Å². The predicted molar refractivity (Wildman–Crippen MR) is 66.6 cm³/mol. The molecule has 0 spiro atoms. The van der Waals surface area contributed by atoms with E-state index in [2.05, 4.69) is 24.3 Å². The van der Waals surface area contributed by atoms with E-state index in [1.807, 2.05) is 13.0 Å². The second-order valence-corrected chi connectivity index (χ2v) is 4.26. The molecule has 0 aromatic carbocycles. The maximum Gasteiger partial charge on any atom is 0.220 e. The maximum atomic E-state index is 11.3. The molecule has 1 aromatic heterocycles. The molecule has 1 amide bonds. The Kier molecular flexibility index (Phi) is 5.73. The van der Waals surface area contributed by atoms with Gasteiger partial charge in [-0.15, -0.1) is 0 Å². The molecule has 0 radical (unpaired) electrons. The first-order valence-corrected chi connectivity index (χ1v) is 6.43. The van der Waals surface area contributed by atoms with Crippen LogP contribution in [0.2, 0.25) is 0 Å². The molecule has 0 saturated carbocycles. The average Bonchev–Trinajstić information content (AvgIpc) is 2.77. The van der Waals surface area contributed by atoms with Gasteiger partial charge in [-0.25, -0.2) is 0 Å². The zero-order valence-corrected chi connectivity index (χ0v) is 11.0. The van der Waals surface area contributed by atoms with E-state index >= 15 is 0 Å². The fraction of sp³-hybridized carbons (Fsp3) is 0.692. The van der Waals surface area contributed by atoms with Crippen molar-refractivity contribution in [2.45, 2.75) is 58.9 Å². The lowest BCUT2D eigenvalue weighted by Crippen LogP contribution is -2.21. The van der Waals surface area contributed by atoms with E-state index in [4.69, 9.17) is 4.52 Å². The van der Waals surface area contributed by atoms with Crippen molar-refractivity contribution in [2.75, 3.05) is 0 Å². The molecule has 0 aliphatic heterocycles. The van der Waals surface area contributed by atoms with Gasteiger partial charge in [-0.1, -0.05) is 25.9 Å². The van der Waals surface area contributed by atoms with E-state index in [-0.39, 0.29) is 5.91 Å². The van der Waals surface area contributed by atoms with Crippen LogP contribution in [0.1, 0.15) is 63.8 Å². The summed E-state index contributed by atoms with van der Waals surface area (Å²) in [7, 11) is 0. The summed E-state index contributed by atoms with van der Waals surface area (Å²) < 4.78 is 5.21. The molecule has 4 nitrogen and oxygen atoms in total. The van der Waals surface area contributed by atoms with Crippen LogP contribution in [0.25, 0.3) is 0 Å². The first-order chi connectivity index (χ1) is 8.21. The Morgan fingerprint density at radius 1 is 1.41 bits per heavy atom. The molecule has 0 unspecified atom stereocenters. The minimum absolute atomic E-state index is 0.0629. The zero-order chi connectivity index (χ0) is 12.7. The lowest BCUT2D eigenvalue weighted by molar-refractivity contribution is -0.121.